The fourth-order valence-electron chi connectivity index (χ4n) is 3.71. The molecule has 0 radical (unpaired) electrons. The van der Waals surface area contributed by atoms with E-state index in [2.05, 4.69) is 33.9 Å². The normalized spacial score (nSPS) is 17.9. The Labute approximate surface area is 146 Å². The molecule has 3 aromatic rings. The summed E-state index contributed by atoms with van der Waals surface area (Å²) in [5.74, 6) is -0.960. The largest absolute Gasteiger partial charge is 0.350 e. The van der Waals surface area contributed by atoms with Gasteiger partial charge in [-0.25, -0.2) is 8.78 Å². The molecule has 2 nitrogen and oxygen atoms in total. The summed E-state index contributed by atoms with van der Waals surface area (Å²) >= 11 is 0. The predicted octanol–water partition coefficient (Wildman–Crippen LogP) is 4.76. The van der Waals surface area contributed by atoms with Crippen molar-refractivity contribution in [2.45, 2.75) is 25.6 Å². The van der Waals surface area contributed by atoms with Gasteiger partial charge in [-0.15, -0.1) is 0 Å². The van der Waals surface area contributed by atoms with E-state index in [-0.39, 0.29) is 18.2 Å². The summed E-state index contributed by atoms with van der Waals surface area (Å²) in [6.45, 7) is 1.96. The van der Waals surface area contributed by atoms with Crippen molar-refractivity contribution in [2.24, 2.45) is 0 Å². The molecule has 1 aromatic heterocycles. The monoisotopic (exact) mass is 338 g/mol. The molecule has 128 valence electrons. The smallest absolute Gasteiger partial charge is 0.130 e. The fraction of sp³-hybridized carbons (Fsp3) is 0.238. The van der Waals surface area contributed by atoms with Gasteiger partial charge in [-0.3, -0.25) is 4.90 Å². The summed E-state index contributed by atoms with van der Waals surface area (Å²) < 4.78 is 30.6. The number of benzene rings is 2. The molecule has 0 N–H and O–H groups in total. The van der Waals surface area contributed by atoms with Crippen molar-refractivity contribution in [1.82, 2.24) is 9.47 Å². The highest BCUT2D eigenvalue weighted by Gasteiger charge is 2.28. The minimum absolute atomic E-state index is 0.0160. The van der Waals surface area contributed by atoms with Gasteiger partial charge in [0.25, 0.3) is 0 Å². The van der Waals surface area contributed by atoms with Crippen molar-refractivity contribution in [1.29, 1.82) is 0 Å². The van der Waals surface area contributed by atoms with Gasteiger partial charge in [-0.1, -0.05) is 36.4 Å². The molecule has 0 fully saturated rings. The Balaban J connectivity index is 1.77. The van der Waals surface area contributed by atoms with Gasteiger partial charge in [0.15, 0.2) is 0 Å². The molecule has 0 aliphatic carbocycles. The first-order valence-electron chi connectivity index (χ1n) is 8.61. The molecule has 1 aliphatic heterocycles. The van der Waals surface area contributed by atoms with E-state index in [1.165, 1.54) is 23.9 Å². The summed E-state index contributed by atoms with van der Waals surface area (Å²) in [7, 11) is 0. The maximum atomic E-state index is 14.2. The highest BCUT2D eigenvalue weighted by atomic mass is 19.1. The zero-order chi connectivity index (χ0) is 17.2. The minimum Gasteiger partial charge on any atom is -0.350 e. The number of hydrogen-bond acceptors (Lipinski definition) is 1. The van der Waals surface area contributed by atoms with Crippen LogP contribution in [0.5, 0.6) is 0 Å². The van der Waals surface area contributed by atoms with Gasteiger partial charge in [0.1, 0.15) is 11.6 Å². The van der Waals surface area contributed by atoms with Crippen LogP contribution in [0.2, 0.25) is 0 Å². The number of aromatic nitrogens is 1. The van der Waals surface area contributed by atoms with Crippen molar-refractivity contribution >= 4 is 0 Å². The Bertz CT molecular complexity index is 837. The molecule has 0 spiro atoms. The molecule has 2 heterocycles. The van der Waals surface area contributed by atoms with E-state index < -0.39 is 11.6 Å². The van der Waals surface area contributed by atoms with E-state index >= 15 is 0 Å². The van der Waals surface area contributed by atoms with Crippen LogP contribution in [-0.4, -0.2) is 16.0 Å². The van der Waals surface area contributed by atoms with E-state index in [1.54, 1.807) is 0 Å². The van der Waals surface area contributed by atoms with Crippen LogP contribution in [0.3, 0.4) is 0 Å². The molecule has 0 saturated carbocycles. The Kier molecular flexibility index (Phi) is 4.36. The first-order valence-corrected chi connectivity index (χ1v) is 8.61. The average Bonchev–Trinajstić information content (AvgIpc) is 3.00. The maximum absolute atomic E-state index is 14.2. The SMILES string of the molecule is Fc1cccc(F)c1CN1CCCn2cccc2C1c1ccccc1. The molecular weight excluding hydrogens is 318 g/mol. The van der Waals surface area contributed by atoms with Crippen LogP contribution in [0.25, 0.3) is 0 Å². The van der Waals surface area contributed by atoms with Crippen LogP contribution in [0.1, 0.15) is 29.3 Å². The molecule has 1 atom stereocenters. The first-order chi connectivity index (χ1) is 12.2. The van der Waals surface area contributed by atoms with Crippen LogP contribution in [0.4, 0.5) is 8.78 Å². The van der Waals surface area contributed by atoms with Crippen molar-refractivity contribution in [2.75, 3.05) is 6.54 Å². The molecule has 25 heavy (non-hydrogen) atoms. The Hall–Kier alpha value is -2.46. The molecule has 1 aliphatic rings. The van der Waals surface area contributed by atoms with Crippen LogP contribution >= 0.6 is 0 Å². The summed E-state index contributed by atoms with van der Waals surface area (Å²) in [4.78, 5) is 2.18. The second-order valence-electron chi connectivity index (χ2n) is 6.46. The highest BCUT2D eigenvalue weighted by molar-refractivity contribution is 5.30. The van der Waals surface area contributed by atoms with Crippen molar-refractivity contribution in [3.63, 3.8) is 0 Å². The quantitative estimate of drug-likeness (QED) is 0.668. The van der Waals surface area contributed by atoms with Crippen molar-refractivity contribution in [3.8, 4) is 0 Å². The summed E-state index contributed by atoms with van der Waals surface area (Å²) in [6.07, 6.45) is 3.03. The number of fused-ring (bicyclic) bond motifs is 1. The number of nitrogens with zero attached hydrogens (tertiary/aromatic N) is 2. The molecule has 4 rings (SSSR count). The van der Waals surface area contributed by atoms with Gasteiger partial charge in [0, 0.05) is 37.1 Å². The number of rotatable bonds is 3. The molecule has 0 amide bonds. The Morgan fingerprint density at radius 1 is 0.840 bits per heavy atom. The zero-order valence-electron chi connectivity index (χ0n) is 13.9. The van der Waals surface area contributed by atoms with Gasteiger partial charge in [-0.05, 0) is 36.2 Å². The van der Waals surface area contributed by atoms with Crippen molar-refractivity contribution < 1.29 is 8.78 Å². The lowest BCUT2D eigenvalue weighted by Gasteiger charge is -2.31. The number of hydrogen-bond donors (Lipinski definition) is 0. The minimum atomic E-state index is -0.480. The molecule has 2 aromatic carbocycles. The highest BCUT2D eigenvalue weighted by Crippen LogP contribution is 2.33. The molecule has 0 bridgehead atoms. The third kappa shape index (κ3) is 3.10. The first kappa shape index (κ1) is 16.0. The predicted molar refractivity (Wildman–Crippen MR) is 94.1 cm³/mol. The van der Waals surface area contributed by atoms with Gasteiger partial charge in [0.2, 0.25) is 0 Å². The Morgan fingerprint density at radius 3 is 2.36 bits per heavy atom. The fourth-order valence-corrected chi connectivity index (χ4v) is 3.71. The van der Waals surface area contributed by atoms with E-state index in [0.717, 1.165) is 25.1 Å². The zero-order valence-corrected chi connectivity index (χ0v) is 13.9. The van der Waals surface area contributed by atoms with Gasteiger partial charge < -0.3 is 4.57 Å². The summed E-state index contributed by atoms with van der Waals surface area (Å²) in [6, 6.07) is 18.4. The molecule has 1 unspecified atom stereocenters. The standard InChI is InChI=1S/C21H20F2N2/c22-18-9-4-10-19(23)17(18)15-25-14-6-13-24-12-5-11-20(24)21(25)16-7-2-1-3-8-16/h1-5,7-12,21H,6,13-15H2. The van der Waals surface area contributed by atoms with Gasteiger partial charge in [-0.2, -0.15) is 0 Å². The van der Waals surface area contributed by atoms with E-state index in [9.17, 15) is 8.78 Å². The van der Waals surface area contributed by atoms with Crippen molar-refractivity contribution in [3.05, 3.63) is 95.3 Å². The summed E-state index contributed by atoms with van der Waals surface area (Å²) in [5.41, 5.74) is 2.45. The average molecular weight is 338 g/mol. The topological polar surface area (TPSA) is 8.17 Å². The van der Waals surface area contributed by atoms with Gasteiger partial charge in [0.05, 0.1) is 6.04 Å². The second-order valence-corrected chi connectivity index (χ2v) is 6.46. The van der Waals surface area contributed by atoms with Crippen LogP contribution in [-0.2, 0) is 13.1 Å². The third-order valence-electron chi connectivity index (χ3n) is 4.89. The lowest BCUT2D eigenvalue weighted by atomic mass is 10.0. The lowest BCUT2D eigenvalue weighted by molar-refractivity contribution is 0.214. The molecular formula is C21H20F2N2. The lowest BCUT2D eigenvalue weighted by Crippen LogP contribution is -2.30. The van der Waals surface area contributed by atoms with Crippen LogP contribution in [0.15, 0.2) is 66.9 Å². The maximum Gasteiger partial charge on any atom is 0.130 e. The summed E-state index contributed by atoms with van der Waals surface area (Å²) in [5, 5.41) is 0. The van der Waals surface area contributed by atoms with Crippen LogP contribution < -0.4 is 0 Å². The Morgan fingerprint density at radius 2 is 1.60 bits per heavy atom. The second kappa shape index (κ2) is 6.81. The van der Waals surface area contributed by atoms with Gasteiger partial charge >= 0.3 is 0 Å². The molecule has 4 heteroatoms. The molecule has 0 saturated heterocycles. The van der Waals surface area contributed by atoms with Crippen LogP contribution in [0, 0.1) is 11.6 Å². The number of halogens is 2. The number of aryl methyl sites for hydroxylation is 1. The van der Waals surface area contributed by atoms with E-state index in [4.69, 9.17) is 0 Å². The third-order valence-corrected chi connectivity index (χ3v) is 4.89. The van der Waals surface area contributed by atoms with E-state index in [0.29, 0.717) is 0 Å². The van der Waals surface area contributed by atoms with E-state index in [1.807, 2.05) is 24.3 Å².